The van der Waals surface area contributed by atoms with Crippen molar-refractivity contribution in [2.24, 2.45) is 0 Å². The molecule has 63 heavy (non-hydrogen) atoms. The molecule has 0 aliphatic heterocycles. The lowest BCUT2D eigenvalue weighted by molar-refractivity contribution is 0.667. The average molecular weight is 825 g/mol. The molecular formula is C55H32N6OS. The number of furan rings is 1. The second-order valence-electron chi connectivity index (χ2n) is 15.6. The summed E-state index contributed by atoms with van der Waals surface area (Å²) in [6.07, 6.45) is 0. The van der Waals surface area contributed by atoms with E-state index in [2.05, 4.69) is 120 Å². The fourth-order valence-corrected chi connectivity index (χ4v) is 10.1. The second-order valence-corrected chi connectivity index (χ2v) is 16.7. The van der Waals surface area contributed by atoms with E-state index in [1.54, 1.807) is 11.3 Å². The van der Waals surface area contributed by atoms with Gasteiger partial charge < -0.3 is 8.98 Å². The van der Waals surface area contributed by atoms with E-state index in [9.17, 15) is 0 Å². The predicted molar refractivity (Wildman–Crippen MR) is 257 cm³/mol. The van der Waals surface area contributed by atoms with Gasteiger partial charge in [-0.3, -0.25) is 0 Å². The fraction of sp³-hybridized carbons (Fsp3) is 0. The lowest BCUT2D eigenvalue weighted by Gasteiger charge is -2.10. The molecule has 0 saturated carbocycles. The van der Waals surface area contributed by atoms with E-state index in [1.165, 1.54) is 10.8 Å². The van der Waals surface area contributed by atoms with E-state index >= 15 is 0 Å². The number of hydrogen-bond acceptors (Lipinski definition) is 7. The summed E-state index contributed by atoms with van der Waals surface area (Å²) in [7, 11) is 0. The first kappa shape index (κ1) is 35.4. The molecule has 0 aliphatic rings. The topological polar surface area (TPSA) is 82.5 Å². The summed E-state index contributed by atoms with van der Waals surface area (Å²) in [6.45, 7) is 0. The zero-order valence-electron chi connectivity index (χ0n) is 33.5. The highest BCUT2D eigenvalue weighted by Crippen LogP contribution is 2.43. The molecule has 0 radical (unpaired) electrons. The van der Waals surface area contributed by atoms with Gasteiger partial charge in [0.05, 0.1) is 11.0 Å². The largest absolute Gasteiger partial charge is 0.452 e. The average Bonchev–Trinajstić information content (AvgIpc) is 4.03. The van der Waals surface area contributed by atoms with Crippen molar-refractivity contribution in [2.75, 3.05) is 0 Å². The highest BCUT2D eigenvalue weighted by molar-refractivity contribution is 7.26. The Balaban J connectivity index is 0.992. The Morgan fingerprint density at radius 1 is 0.397 bits per heavy atom. The van der Waals surface area contributed by atoms with Crippen LogP contribution in [0.4, 0.5) is 0 Å². The van der Waals surface area contributed by atoms with Crippen LogP contribution in [-0.4, -0.2) is 29.5 Å². The van der Waals surface area contributed by atoms with Gasteiger partial charge in [0.15, 0.2) is 28.9 Å². The van der Waals surface area contributed by atoms with E-state index in [0.717, 1.165) is 86.9 Å². The number of nitrogens with zero attached hydrogens (tertiary/aromatic N) is 6. The van der Waals surface area contributed by atoms with Gasteiger partial charge in [-0.2, -0.15) is 0 Å². The Kier molecular flexibility index (Phi) is 7.94. The Hall–Kier alpha value is -8.33. The smallest absolute Gasteiger partial charge is 0.180 e. The molecule has 0 amide bonds. The first-order chi connectivity index (χ1) is 31.2. The van der Waals surface area contributed by atoms with Crippen molar-refractivity contribution in [2.45, 2.75) is 0 Å². The maximum Gasteiger partial charge on any atom is 0.180 e. The van der Waals surface area contributed by atoms with Crippen LogP contribution in [0.25, 0.3) is 127 Å². The van der Waals surface area contributed by atoms with E-state index in [4.69, 9.17) is 29.3 Å². The van der Waals surface area contributed by atoms with Crippen molar-refractivity contribution in [1.29, 1.82) is 0 Å². The molecule has 0 bridgehead atoms. The van der Waals surface area contributed by atoms with Gasteiger partial charge in [0, 0.05) is 69.8 Å². The van der Waals surface area contributed by atoms with Crippen LogP contribution >= 0.6 is 11.3 Å². The van der Waals surface area contributed by atoms with Gasteiger partial charge in [-0.15, -0.1) is 11.3 Å². The normalized spacial score (nSPS) is 11.8. The molecule has 0 saturated heterocycles. The van der Waals surface area contributed by atoms with Gasteiger partial charge in [-0.1, -0.05) is 146 Å². The van der Waals surface area contributed by atoms with Crippen LogP contribution in [-0.2, 0) is 0 Å². The summed E-state index contributed by atoms with van der Waals surface area (Å²) in [6, 6.07) is 66.9. The number of fused-ring (bicyclic) bond motifs is 9. The molecule has 0 fully saturated rings. The Morgan fingerprint density at radius 2 is 1.02 bits per heavy atom. The fourth-order valence-electron chi connectivity index (χ4n) is 8.97. The SMILES string of the molecule is c1ccc(-c2nc(-c3ccccc3)nc(-c3cccc4sc5cc(-c6nc(-c7ccc8c9ccccc9n(-c9ccccc9)c8c7)c7oc8ccccc8c7n6)ccc5c34)n2)cc1. The van der Waals surface area contributed by atoms with Crippen LogP contribution in [0.5, 0.6) is 0 Å². The van der Waals surface area contributed by atoms with Crippen LogP contribution < -0.4 is 0 Å². The van der Waals surface area contributed by atoms with E-state index in [-0.39, 0.29) is 0 Å². The number of benzene rings is 8. The minimum Gasteiger partial charge on any atom is -0.452 e. The van der Waals surface area contributed by atoms with E-state index in [0.29, 0.717) is 28.9 Å². The van der Waals surface area contributed by atoms with Gasteiger partial charge in [-0.25, -0.2) is 24.9 Å². The highest BCUT2D eigenvalue weighted by Gasteiger charge is 2.22. The Morgan fingerprint density at radius 3 is 1.79 bits per heavy atom. The van der Waals surface area contributed by atoms with Crippen molar-refractivity contribution in [3.05, 3.63) is 194 Å². The standard InChI is InChI=1S/C55H32N6OS/c1-4-15-33(16-5-1)52-58-53(34-17-6-2-7-18-34)60-55(59-52)42-23-14-26-46-48(42)41-30-28-36(32-47(41)63-46)54-56-49(51-50(57-54)40-22-11-13-25-45(40)62-51)35-27-29-39-38-21-10-12-24-43(38)61(44(39)31-35)37-19-8-3-9-20-37/h1-32H. The number of para-hydroxylation sites is 3. The summed E-state index contributed by atoms with van der Waals surface area (Å²) >= 11 is 1.74. The molecule has 0 unspecified atom stereocenters. The molecule has 294 valence electrons. The number of rotatable bonds is 6. The summed E-state index contributed by atoms with van der Waals surface area (Å²) in [5.74, 6) is 2.53. The maximum atomic E-state index is 6.61. The molecule has 5 aromatic heterocycles. The van der Waals surface area contributed by atoms with Gasteiger partial charge in [0.25, 0.3) is 0 Å². The lowest BCUT2D eigenvalue weighted by atomic mass is 10.0. The van der Waals surface area contributed by atoms with Crippen molar-refractivity contribution in [3.8, 4) is 62.5 Å². The highest BCUT2D eigenvalue weighted by atomic mass is 32.1. The maximum absolute atomic E-state index is 6.61. The molecular weight excluding hydrogens is 793 g/mol. The van der Waals surface area contributed by atoms with Crippen LogP contribution in [0, 0.1) is 0 Å². The second kappa shape index (κ2) is 14.1. The molecule has 13 rings (SSSR count). The quantitative estimate of drug-likeness (QED) is 0.166. The zero-order valence-corrected chi connectivity index (χ0v) is 34.3. The molecule has 5 heterocycles. The van der Waals surface area contributed by atoms with E-state index < -0.39 is 0 Å². The third kappa shape index (κ3) is 5.76. The first-order valence-electron chi connectivity index (χ1n) is 20.8. The number of aromatic nitrogens is 6. The molecule has 0 N–H and O–H groups in total. The minimum absolute atomic E-state index is 0.629. The summed E-state index contributed by atoms with van der Waals surface area (Å²) in [5.41, 5.74) is 11.0. The number of thiophene rings is 1. The van der Waals surface area contributed by atoms with Gasteiger partial charge in [-0.05, 0) is 48.5 Å². The van der Waals surface area contributed by atoms with E-state index in [1.807, 2.05) is 78.9 Å². The van der Waals surface area contributed by atoms with Gasteiger partial charge >= 0.3 is 0 Å². The Bertz CT molecular complexity index is 3860. The lowest BCUT2D eigenvalue weighted by Crippen LogP contribution is -2.00. The molecule has 0 aliphatic carbocycles. The van der Waals surface area contributed by atoms with Gasteiger partial charge in [0.1, 0.15) is 16.8 Å². The van der Waals surface area contributed by atoms with Crippen molar-refractivity contribution < 1.29 is 4.42 Å². The van der Waals surface area contributed by atoms with Crippen molar-refractivity contribution >= 4 is 75.4 Å². The van der Waals surface area contributed by atoms with Crippen LogP contribution in [0.1, 0.15) is 0 Å². The Labute approximate surface area is 364 Å². The van der Waals surface area contributed by atoms with Crippen molar-refractivity contribution in [3.63, 3.8) is 0 Å². The first-order valence-corrected chi connectivity index (χ1v) is 21.6. The molecule has 8 heteroatoms. The van der Waals surface area contributed by atoms with Gasteiger partial charge in [0.2, 0.25) is 0 Å². The third-order valence-electron chi connectivity index (χ3n) is 11.9. The monoisotopic (exact) mass is 824 g/mol. The van der Waals surface area contributed by atoms with Crippen LogP contribution in [0.3, 0.4) is 0 Å². The summed E-state index contributed by atoms with van der Waals surface area (Å²) in [4.78, 5) is 25.7. The summed E-state index contributed by atoms with van der Waals surface area (Å²) in [5, 5.41) is 5.54. The predicted octanol–water partition coefficient (Wildman–Crippen LogP) is 14.4. The molecule has 8 aromatic carbocycles. The molecule has 0 spiro atoms. The third-order valence-corrected chi connectivity index (χ3v) is 13.0. The molecule has 7 nitrogen and oxygen atoms in total. The van der Waals surface area contributed by atoms with Crippen molar-refractivity contribution in [1.82, 2.24) is 29.5 Å². The zero-order chi connectivity index (χ0) is 41.4. The molecule has 13 aromatic rings. The minimum atomic E-state index is 0.629. The molecule has 0 atom stereocenters. The van der Waals surface area contributed by atoms with Crippen LogP contribution in [0.15, 0.2) is 199 Å². The number of hydrogen-bond donors (Lipinski definition) is 0. The van der Waals surface area contributed by atoms with Crippen LogP contribution in [0.2, 0.25) is 0 Å². The summed E-state index contributed by atoms with van der Waals surface area (Å²) < 4.78 is 11.2.